The normalized spacial score (nSPS) is 23.4. The van der Waals surface area contributed by atoms with Gasteiger partial charge >= 0.3 is 23.5 Å². The molecule has 2 amide bonds. The van der Waals surface area contributed by atoms with Gasteiger partial charge in [-0.2, -0.15) is 4.31 Å². The zero-order chi connectivity index (χ0) is 36.1. The number of nitrogens with one attached hydrogen (secondary N) is 2. The molecule has 7 atom stereocenters. The van der Waals surface area contributed by atoms with E-state index in [4.69, 9.17) is 25.3 Å². The largest absolute Gasteiger partial charge is 0.481 e. The van der Waals surface area contributed by atoms with Gasteiger partial charge in [-0.15, -0.1) is 0 Å². The van der Waals surface area contributed by atoms with Gasteiger partial charge in [-0.3, -0.25) is 27.7 Å². The molecule has 1 fully saturated rings. The molecule has 3 heterocycles. The summed E-state index contributed by atoms with van der Waals surface area (Å²) in [5, 5.41) is 26.0. The van der Waals surface area contributed by atoms with Crippen molar-refractivity contribution in [1.29, 1.82) is 0 Å². The average molecular weight is 750 g/mol. The zero-order valence-corrected chi connectivity index (χ0v) is 28.0. The number of aliphatic hydroxyl groups excluding tert-OH is 2. The van der Waals surface area contributed by atoms with Crippen LogP contribution in [0.5, 0.6) is 0 Å². The third-order valence-corrected chi connectivity index (χ3v) is 9.64. The van der Waals surface area contributed by atoms with Crippen LogP contribution in [0.2, 0.25) is 0 Å². The summed E-state index contributed by atoms with van der Waals surface area (Å²) in [5.41, 5.74) is 9.57. The highest BCUT2D eigenvalue weighted by Crippen LogP contribution is 2.61. The first-order valence-corrected chi connectivity index (χ1v) is 18.3. The number of hydrogen-bond donors (Lipinski definition) is 10. The number of rotatable bonds is 18. The quantitative estimate of drug-likeness (QED) is 0.0696. The Bertz CT molecular complexity index is 1590. The molecule has 24 nitrogen and oxygen atoms in total. The van der Waals surface area contributed by atoms with E-state index in [1.807, 2.05) is 0 Å². The van der Waals surface area contributed by atoms with Gasteiger partial charge in [-0.25, -0.2) is 28.6 Å². The molecule has 0 saturated carbocycles. The number of carbonyl (C=O) groups excluding carboxylic acids is 2. The number of aliphatic hydroxyl groups is 2. The Morgan fingerprint density at radius 2 is 1.75 bits per heavy atom. The lowest BCUT2D eigenvalue weighted by molar-refractivity contribution is -0.137. The number of nitrogens with zero attached hydrogens (tertiary/aromatic N) is 4. The Morgan fingerprint density at radius 3 is 2.40 bits per heavy atom. The standard InChI is InChI=1S/C21H37N8O16P3/c1-21(2,16(32)19(33)25-5-3-12(30)24-6-4-22)8-42-48(39,40)45-47(37,38)41-7-11-15(44-46(34,35)36)14(31)20(43-11)29-10-28-13-17(23)26-9-27-18(13)29/h9-11,14-16,20,31-32H,3-8,22H2,1-2H3,(H,24,30)(H,25,33)(H,37,38)(H,39,40)(H2,23,26,27)(H2,34,35,36)/t11?,14?,15?,16-,20?/m0/s1. The molecule has 3 rings (SSSR count). The van der Waals surface area contributed by atoms with Crippen molar-refractivity contribution in [3.63, 3.8) is 0 Å². The van der Waals surface area contributed by atoms with Gasteiger partial charge in [0.2, 0.25) is 11.8 Å². The van der Waals surface area contributed by atoms with Crippen molar-refractivity contribution in [2.24, 2.45) is 11.1 Å². The minimum absolute atomic E-state index is 0.0360. The molecule has 0 aliphatic carbocycles. The number of imidazole rings is 1. The van der Waals surface area contributed by atoms with E-state index in [1.165, 1.54) is 13.8 Å². The first-order chi connectivity index (χ1) is 22.2. The van der Waals surface area contributed by atoms with Gasteiger partial charge in [0, 0.05) is 31.5 Å². The van der Waals surface area contributed by atoms with Gasteiger partial charge in [0.15, 0.2) is 17.7 Å². The van der Waals surface area contributed by atoms with Crippen LogP contribution in [0, 0.1) is 5.41 Å². The maximum absolute atomic E-state index is 12.6. The van der Waals surface area contributed by atoms with E-state index in [0.717, 1.165) is 17.2 Å². The monoisotopic (exact) mass is 750 g/mol. The number of amides is 2. The van der Waals surface area contributed by atoms with Crippen LogP contribution in [0.3, 0.4) is 0 Å². The second-order valence-corrected chi connectivity index (χ2v) is 15.1. The predicted molar refractivity (Wildman–Crippen MR) is 159 cm³/mol. The summed E-state index contributed by atoms with van der Waals surface area (Å²) >= 11 is 0. The molecule has 1 saturated heterocycles. The number of carbonyl (C=O) groups is 2. The highest BCUT2D eigenvalue weighted by Gasteiger charge is 2.50. The Balaban J connectivity index is 1.61. The Morgan fingerprint density at radius 1 is 1.08 bits per heavy atom. The van der Waals surface area contributed by atoms with E-state index in [2.05, 4.69) is 34.4 Å². The molecule has 0 bridgehead atoms. The Hall–Kier alpha value is -2.50. The molecule has 272 valence electrons. The maximum Gasteiger partial charge on any atom is 0.481 e. The lowest BCUT2D eigenvalue weighted by Crippen LogP contribution is -2.46. The topological polar surface area (TPSA) is 373 Å². The molecule has 6 unspecified atom stereocenters. The van der Waals surface area contributed by atoms with Crippen molar-refractivity contribution in [1.82, 2.24) is 30.2 Å². The molecule has 2 aromatic heterocycles. The molecule has 2 aromatic rings. The second kappa shape index (κ2) is 16.0. The fourth-order valence-corrected chi connectivity index (χ4v) is 6.98. The van der Waals surface area contributed by atoms with Gasteiger partial charge in [-0.1, -0.05) is 13.8 Å². The lowest BCUT2D eigenvalue weighted by Gasteiger charge is -2.30. The minimum atomic E-state index is -5.54. The molecular formula is C21H37N8O16P3. The second-order valence-electron chi connectivity index (χ2n) is 10.9. The van der Waals surface area contributed by atoms with Crippen molar-refractivity contribution in [2.45, 2.75) is 50.9 Å². The van der Waals surface area contributed by atoms with Crippen molar-refractivity contribution in [3.05, 3.63) is 12.7 Å². The molecule has 0 aromatic carbocycles. The average Bonchev–Trinajstić information content (AvgIpc) is 3.54. The number of fused-ring (bicyclic) bond motifs is 1. The van der Waals surface area contributed by atoms with Gasteiger partial charge in [0.25, 0.3) is 0 Å². The van der Waals surface area contributed by atoms with Gasteiger partial charge in [0.1, 0.15) is 36.3 Å². The van der Waals surface area contributed by atoms with Crippen molar-refractivity contribution < 1.29 is 75.7 Å². The molecular weight excluding hydrogens is 713 g/mol. The van der Waals surface area contributed by atoms with E-state index in [0.29, 0.717) is 0 Å². The maximum atomic E-state index is 12.6. The number of phosphoric acid groups is 3. The van der Waals surface area contributed by atoms with Crippen LogP contribution in [0.4, 0.5) is 5.82 Å². The van der Waals surface area contributed by atoms with Crippen LogP contribution in [0.25, 0.3) is 11.2 Å². The molecule has 0 radical (unpaired) electrons. The van der Waals surface area contributed by atoms with Crippen LogP contribution >= 0.6 is 23.5 Å². The van der Waals surface area contributed by atoms with Crippen LogP contribution in [0.15, 0.2) is 12.7 Å². The Kier molecular flexibility index (Phi) is 13.3. The lowest BCUT2D eigenvalue weighted by atomic mass is 9.87. The van der Waals surface area contributed by atoms with Crippen molar-refractivity contribution in [3.8, 4) is 0 Å². The number of anilines is 1. The molecule has 12 N–H and O–H groups in total. The summed E-state index contributed by atoms with van der Waals surface area (Å²) < 4.78 is 61.7. The van der Waals surface area contributed by atoms with Crippen LogP contribution in [0.1, 0.15) is 26.5 Å². The van der Waals surface area contributed by atoms with Gasteiger partial charge in [-0.05, 0) is 0 Å². The third kappa shape index (κ3) is 11.0. The van der Waals surface area contributed by atoms with E-state index >= 15 is 0 Å². The van der Waals surface area contributed by atoms with E-state index < -0.39 is 84.6 Å². The van der Waals surface area contributed by atoms with Crippen LogP contribution in [-0.4, -0.2) is 118 Å². The van der Waals surface area contributed by atoms with E-state index in [9.17, 15) is 53.1 Å². The number of hydrogen-bond acceptors (Lipinski definition) is 17. The molecule has 27 heteroatoms. The summed E-state index contributed by atoms with van der Waals surface area (Å²) in [4.78, 5) is 74.6. The third-order valence-electron chi connectivity index (χ3n) is 6.54. The minimum Gasteiger partial charge on any atom is -0.386 e. The molecule has 1 aliphatic rings. The number of phosphoric ester groups is 3. The smallest absolute Gasteiger partial charge is 0.386 e. The highest BCUT2D eigenvalue weighted by atomic mass is 31.3. The zero-order valence-electron chi connectivity index (χ0n) is 25.3. The number of ether oxygens (including phenoxy) is 1. The molecule has 48 heavy (non-hydrogen) atoms. The number of nitrogen functional groups attached to an aromatic ring is 1. The van der Waals surface area contributed by atoms with E-state index in [-0.39, 0.29) is 43.0 Å². The highest BCUT2D eigenvalue weighted by molar-refractivity contribution is 7.61. The summed E-state index contributed by atoms with van der Waals surface area (Å²) in [5.74, 6) is -1.40. The van der Waals surface area contributed by atoms with Crippen LogP contribution in [-0.2, 0) is 45.9 Å². The van der Waals surface area contributed by atoms with Gasteiger partial charge in [0.05, 0.1) is 19.5 Å². The fourth-order valence-electron chi connectivity index (χ4n) is 4.15. The summed E-state index contributed by atoms with van der Waals surface area (Å²) in [6.45, 7) is 0.818. The predicted octanol–water partition coefficient (Wildman–Crippen LogP) is -2.64. The van der Waals surface area contributed by atoms with Crippen molar-refractivity contribution in [2.75, 3.05) is 38.6 Å². The number of aromatic nitrogens is 4. The van der Waals surface area contributed by atoms with Crippen LogP contribution < -0.4 is 22.1 Å². The first kappa shape index (κ1) is 39.9. The summed E-state index contributed by atoms with van der Waals surface area (Å²) in [6.07, 6.45) is -6.78. The Labute approximate surface area is 271 Å². The molecule has 0 spiro atoms. The van der Waals surface area contributed by atoms with Gasteiger partial charge < -0.3 is 56.6 Å². The molecule has 1 aliphatic heterocycles. The summed E-state index contributed by atoms with van der Waals surface area (Å²) in [6, 6.07) is 0. The fraction of sp³-hybridized carbons (Fsp3) is 0.667. The van der Waals surface area contributed by atoms with Crippen molar-refractivity contribution >= 4 is 52.3 Å². The van der Waals surface area contributed by atoms with E-state index in [1.54, 1.807) is 0 Å². The number of nitrogens with two attached hydrogens (primary N) is 2. The summed E-state index contributed by atoms with van der Waals surface area (Å²) in [7, 11) is -16.3. The SMILES string of the molecule is CC(C)(COP(=O)(O)OP(=O)(O)OCC1OC(n2cnc3c(N)ncnc32)C(O)C1OP(=O)(O)O)[C@@H](O)C(=O)NCCC(=O)NCCN. The first-order valence-electron chi connectivity index (χ1n) is 13.8.